The molecule has 0 radical (unpaired) electrons. The highest BCUT2D eigenvalue weighted by Crippen LogP contribution is 2.42. The highest BCUT2D eigenvalue weighted by atomic mass is 16.3. The summed E-state index contributed by atoms with van der Waals surface area (Å²) in [6.45, 7) is 0. The van der Waals surface area contributed by atoms with Crippen LogP contribution in [0.15, 0.2) is 229 Å². The van der Waals surface area contributed by atoms with Gasteiger partial charge in [0.25, 0.3) is 0 Å². The van der Waals surface area contributed by atoms with Crippen molar-refractivity contribution in [3.8, 4) is 55.8 Å². The Labute approximate surface area is 327 Å². The SMILES string of the molecule is c1ccc(-c2c(-c3cccc(-c4ccc(N(c5ccccc5)c5ccc(-c6ccc(-c7cccc8ccccc78)cc6)cc5)cc4)c3)oc3ccccc23)cc1. The predicted molar refractivity (Wildman–Crippen MR) is 236 cm³/mol. The molecule has 0 saturated heterocycles. The molecule has 2 heteroatoms. The molecule has 0 spiro atoms. The average Bonchev–Trinajstić information content (AvgIpc) is 3.68. The largest absolute Gasteiger partial charge is 0.455 e. The number of fused-ring (bicyclic) bond motifs is 2. The molecule has 0 aliphatic carbocycles. The van der Waals surface area contributed by atoms with E-state index in [1.54, 1.807) is 0 Å². The van der Waals surface area contributed by atoms with Gasteiger partial charge in [0.1, 0.15) is 11.3 Å². The van der Waals surface area contributed by atoms with E-state index in [1.807, 2.05) is 12.1 Å². The fraction of sp³-hybridized carbons (Fsp3) is 0. The van der Waals surface area contributed by atoms with Crippen molar-refractivity contribution in [2.75, 3.05) is 4.90 Å². The summed E-state index contributed by atoms with van der Waals surface area (Å²) in [5.41, 5.74) is 14.6. The third kappa shape index (κ3) is 6.24. The Bertz CT molecular complexity index is 2920. The molecule has 0 aliphatic heterocycles. The van der Waals surface area contributed by atoms with Crippen molar-refractivity contribution in [3.63, 3.8) is 0 Å². The van der Waals surface area contributed by atoms with Crippen molar-refractivity contribution >= 4 is 38.8 Å². The summed E-state index contributed by atoms with van der Waals surface area (Å²) in [5.74, 6) is 0.885. The summed E-state index contributed by atoms with van der Waals surface area (Å²) in [7, 11) is 0. The number of anilines is 3. The van der Waals surface area contributed by atoms with E-state index in [-0.39, 0.29) is 0 Å². The van der Waals surface area contributed by atoms with Crippen molar-refractivity contribution in [2.24, 2.45) is 0 Å². The third-order valence-corrected chi connectivity index (χ3v) is 10.7. The van der Waals surface area contributed by atoms with Crippen LogP contribution < -0.4 is 4.90 Å². The molecule has 56 heavy (non-hydrogen) atoms. The molecule has 0 N–H and O–H groups in total. The first-order valence-electron chi connectivity index (χ1n) is 19.1. The van der Waals surface area contributed by atoms with Crippen LogP contribution >= 0.6 is 0 Å². The Kier molecular flexibility index (Phi) is 8.55. The lowest BCUT2D eigenvalue weighted by Gasteiger charge is -2.26. The fourth-order valence-electron chi connectivity index (χ4n) is 7.93. The molecule has 0 saturated carbocycles. The van der Waals surface area contributed by atoms with Gasteiger partial charge in [0.15, 0.2) is 0 Å². The van der Waals surface area contributed by atoms with E-state index in [4.69, 9.17) is 4.42 Å². The molecular weight excluding hydrogens is 679 g/mol. The maximum absolute atomic E-state index is 6.55. The average molecular weight is 716 g/mol. The summed E-state index contributed by atoms with van der Waals surface area (Å²) < 4.78 is 6.55. The first-order valence-corrected chi connectivity index (χ1v) is 19.1. The maximum atomic E-state index is 6.55. The lowest BCUT2D eigenvalue weighted by atomic mass is 9.96. The van der Waals surface area contributed by atoms with Crippen LogP contribution in [0.2, 0.25) is 0 Å². The van der Waals surface area contributed by atoms with Crippen LogP contribution in [0, 0.1) is 0 Å². The van der Waals surface area contributed by atoms with Crippen LogP contribution in [-0.4, -0.2) is 0 Å². The monoisotopic (exact) mass is 715 g/mol. The van der Waals surface area contributed by atoms with Crippen molar-refractivity contribution in [2.45, 2.75) is 0 Å². The van der Waals surface area contributed by atoms with E-state index in [2.05, 4.69) is 217 Å². The van der Waals surface area contributed by atoms with Gasteiger partial charge >= 0.3 is 0 Å². The van der Waals surface area contributed by atoms with E-state index in [9.17, 15) is 0 Å². The van der Waals surface area contributed by atoms with E-state index in [1.165, 1.54) is 33.0 Å². The second kappa shape index (κ2) is 14.4. The minimum atomic E-state index is 0.885. The van der Waals surface area contributed by atoms with Gasteiger partial charge in [-0.05, 0) is 98.2 Å². The normalized spacial score (nSPS) is 11.2. The first kappa shape index (κ1) is 33.2. The Morgan fingerprint density at radius 2 is 0.786 bits per heavy atom. The van der Waals surface area contributed by atoms with E-state index in [0.717, 1.165) is 61.6 Å². The molecule has 10 aromatic rings. The van der Waals surface area contributed by atoms with E-state index < -0.39 is 0 Å². The van der Waals surface area contributed by atoms with Crippen LogP contribution in [0.1, 0.15) is 0 Å². The molecule has 264 valence electrons. The number of nitrogens with zero attached hydrogens (tertiary/aromatic N) is 1. The molecule has 0 atom stereocenters. The number of benzene rings is 9. The van der Waals surface area contributed by atoms with E-state index in [0.29, 0.717) is 0 Å². The molecule has 0 unspecified atom stereocenters. The van der Waals surface area contributed by atoms with Gasteiger partial charge in [-0.1, -0.05) is 176 Å². The molecule has 0 amide bonds. The lowest BCUT2D eigenvalue weighted by Crippen LogP contribution is -2.09. The molecule has 0 aliphatic rings. The quantitative estimate of drug-likeness (QED) is 0.156. The molecule has 1 aromatic heterocycles. The number of furan rings is 1. The number of rotatable bonds is 8. The van der Waals surface area contributed by atoms with Crippen LogP contribution in [-0.2, 0) is 0 Å². The van der Waals surface area contributed by atoms with Gasteiger partial charge in [0, 0.05) is 33.6 Å². The highest BCUT2D eigenvalue weighted by Gasteiger charge is 2.18. The van der Waals surface area contributed by atoms with Crippen LogP contribution in [0.25, 0.3) is 77.6 Å². The van der Waals surface area contributed by atoms with Gasteiger partial charge in [-0.15, -0.1) is 0 Å². The zero-order chi connectivity index (χ0) is 37.3. The summed E-state index contributed by atoms with van der Waals surface area (Å²) in [5, 5.41) is 3.65. The van der Waals surface area contributed by atoms with Gasteiger partial charge in [0.05, 0.1) is 0 Å². The van der Waals surface area contributed by atoms with Crippen molar-refractivity contribution in [3.05, 3.63) is 224 Å². The van der Waals surface area contributed by atoms with Crippen LogP contribution in [0.5, 0.6) is 0 Å². The highest BCUT2D eigenvalue weighted by molar-refractivity contribution is 6.02. The summed E-state index contributed by atoms with van der Waals surface area (Å²) in [6.07, 6.45) is 0. The molecular formula is C54H37NO. The topological polar surface area (TPSA) is 16.4 Å². The first-order chi connectivity index (χ1) is 27.8. The fourth-order valence-corrected chi connectivity index (χ4v) is 7.93. The second-order valence-corrected chi connectivity index (χ2v) is 14.1. The standard InChI is InChI=1S/C54H37NO/c1-3-14-43(15-4-1)53-51-22-9-10-24-52(51)56-54(53)45-18-11-17-44(37-45)40-31-35-48(36-32-40)55(46-19-5-2-6-20-46)47-33-29-39(30-34-47)38-25-27-42(28-26-38)50-23-12-16-41-13-7-8-21-49(41)50/h1-37H. The maximum Gasteiger partial charge on any atom is 0.143 e. The van der Waals surface area contributed by atoms with Crippen molar-refractivity contribution in [1.82, 2.24) is 0 Å². The summed E-state index contributed by atoms with van der Waals surface area (Å²) in [4.78, 5) is 2.31. The summed E-state index contributed by atoms with van der Waals surface area (Å²) in [6, 6.07) is 79.8. The summed E-state index contributed by atoms with van der Waals surface area (Å²) >= 11 is 0. The Morgan fingerprint density at radius 3 is 1.50 bits per heavy atom. The molecule has 10 rings (SSSR count). The van der Waals surface area contributed by atoms with Gasteiger partial charge < -0.3 is 9.32 Å². The molecule has 2 nitrogen and oxygen atoms in total. The molecule has 1 heterocycles. The Morgan fingerprint density at radius 1 is 0.304 bits per heavy atom. The molecule has 0 bridgehead atoms. The minimum absolute atomic E-state index is 0.885. The molecule has 9 aromatic carbocycles. The molecule has 0 fully saturated rings. The lowest BCUT2D eigenvalue weighted by molar-refractivity contribution is 0.632. The van der Waals surface area contributed by atoms with Crippen molar-refractivity contribution < 1.29 is 4.42 Å². The predicted octanol–water partition coefficient (Wildman–Crippen LogP) is 15.4. The van der Waals surface area contributed by atoms with Gasteiger partial charge in [0.2, 0.25) is 0 Å². The Balaban J connectivity index is 0.950. The number of para-hydroxylation sites is 2. The third-order valence-electron chi connectivity index (χ3n) is 10.7. The number of hydrogen-bond acceptors (Lipinski definition) is 2. The van der Waals surface area contributed by atoms with Gasteiger partial charge in [-0.2, -0.15) is 0 Å². The number of hydrogen-bond donors (Lipinski definition) is 0. The smallest absolute Gasteiger partial charge is 0.143 e. The van der Waals surface area contributed by atoms with E-state index >= 15 is 0 Å². The second-order valence-electron chi connectivity index (χ2n) is 14.1. The van der Waals surface area contributed by atoms with Crippen LogP contribution in [0.3, 0.4) is 0 Å². The zero-order valence-corrected chi connectivity index (χ0v) is 30.7. The van der Waals surface area contributed by atoms with Gasteiger partial charge in [-0.3, -0.25) is 0 Å². The van der Waals surface area contributed by atoms with Crippen molar-refractivity contribution in [1.29, 1.82) is 0 Å². The zero-order valence-electron chi connectivity index (χ0n) is 30.7. The minimum Gasteiger partial charge on any atom is -0.455 e. The Hall–Kier alpha value is -7.42. The van der Waals surface area contributed by atoms with Gasteiger partial charge in [-0.25, -0.2) is 0 Å². The van der Waals surface area contributed by atoms with Crippen LogP contribution in [0.4, 0.5) is 17.1 Å².